The molecule has 0 atom stereocenters. The second-order valence-corrected chi connectivity index (χ2v) is 3.39. The summed E-state index contributed by atoms with van der Waals surface area (Å²) in [4.78, 5) is 11.4. The van der Waals surface area contributed by atoms with Crippen LogP contribution < -0.4 is 5.32 Å². The second kappa shape index (κ2) is 3.30. The van der Waals surface area contributed by atoms with Gasteiger partial charge in [-0.05, 0) is 19.9 Å². The van der Waals surface area contributed by atoms with Gasteiger partial charge in [0.2, 0.25) is 0 Å². The molecular formula is C9H13N3O. The molecule has 1 saturated carbocycles. The first-order chi connectivity index (χ1) is 6.31. The zero-order chi connectivity index (χ0) is 9.26. The molecule has 0 spiro atoms. The Morgan fingerprint density at radius 2 is 2.54 bits per heavy atom. The van der Waals surface area contributed by atoms with Crippen LogP contribution in [0, 0.1) is 0 Å². The van der Waals surface area contributed by atoms with Crippen LogP contribution in [-0.2, 0) is 0 Å². The molecular weight excluding hydrogens is 166 g/mol. The molecule has 0 aliphatic heterocycles. The minimum absolute atomic E-state index is 0.106. The number of ketones is 1. The normalized spacial score (nSPS) is 16.1. The van der Waals surface area contributed by atoms with E-state index in [0.717, 1.165) is 0 Å². The predicted octanol–water partition coefficient (Wildman–Crippen LogP) is 0.620. The van der Waals surface area contributed by atoms with Gasteiger partial charge < -0.3 is 5.32 Å². The lowest BCUT2D eigenvalue weighted by atomic mass is 10.2. The van der Waals surface area contributed by atoms with Crippen LogP contribution >= 0.6 is 0 Å². The third-order valence-corrected chi connectivity index (χ3v) is 2.18. The highest BCUT2D eigenvalue weighted by Gasteiger charge is 2.24. The van der Waals surface area contributed by atoms with Gasteiger partial charge >= 0.3 is 0 Å². The van der Waals surface area contributed by atoms with Gasteiger partial charge in [0.15, 0.2) is 5.78 Å². The maximum atomic E-state index is 11.4. The lowest BCUT2D eigenvalue weighted by Gasteiger charge is -1.95. The van der Waals surface area contributed by atoms with Crippen LogP contribution in [-0.4, -0.2) is 29.2 Å². The van der Waals surface area contributed by atoms with Crippen LogP contribution in [0.1, 0.15) is 29.2 Å². The van der Waals surface area contributed by atoms with Gasteiger partial charge in [-0.15, -0.1) is 0 Å². The zero-order valence-corrected chi connectivity index (χ0v) is 7.66. The molecule has 1 heterocycles. The molecule has 0 amide bonds. The van der Waals surface area contributed by atoms with Crippen molar-refractivity contribution in [3.05, 3.63) is 18.0 Å². The fraction of sp³-hybridized carbons (Fsp3) is 0.556. The maximum Gasteiger partial charge on any atom is 0.179 e. The molecule has 0 aromatic carbocycles. The molecule has 0 radical (unpaired) electrons. The van der Waals surface area contributed by atoms with Gasteiger partial charge in [0.1, 0.15) is 0 Å². The summed E-state index contributed by atoms with van der Waals surface area (Å²) in [5, 5.41) is 6.98. The summed E-state index contributed by atoms with van der Waals surface area (Å²) < 4.78 is 1.89. The van der Waals surface area contributed by atoms with Crippen molar-refractivity contribution >= 4 is 5.78 Å². The van der Waals surface area contributed by atoms with E-state index < -0.39 is 0 Å². The molecule has 1 aliphatic rings. The minimum Gasteiger partial charge on any atom is -0.313 e. The van der Waals surface area contributed by atoms with Crippen molar-refractivity contribution in [2.45, 2.75) is 18.9 Å². The monoisotopic (exact) mass is 179 g/mol. The lowest BCUT2D eigenvalue weighted by Crippen LogP contribution is -2.18. The topological polar surface area (TPSA) is 46.9 Å². The molecule has 1 aromatic heterocycles. The Morgan fingerprint density at radius 1 is 1.77 bits per heavy atom. The highest BCUT2D eigenvalue weighted by molar-refractivity contribution is 5.97. The Balaban J connectivity index is 2.07. The molecule has 0 unspecified atom stereocenters. The molecule has 1 aromatic rings. The van der Waals surface area contributed by atoms with E-state index in [1.165, 1.54) is 12.8 Å². The molecule has 70 valence electrons. The van der Waals surface area contributed by atoms with E-state index >= 15 is 0 Å². The van der Waals surface area contributed by atoms with E-state index in [9.17, 15) is 4.79 Å². The molecule has 0 saturated heterocycles. The number of nitrogens with one attached hydrogen (secondary N) is 1. The first kappa shape index (κ1) is 8.44. The number of rotatable bonds is 4. The van der Waals surface area contributed by atoms with Crippen molar-refractivity contribution in [3.8, 4) is 0 Å². The smallest absolute Gasteiger partial charge is 0.179 e. The number of hydrogen-bond acceptors (Lipinski definition) is 3. The average molecular weight is 179 g/mol. The molecule has 1 aliphatic carbocycles. The summed E-state index contributed by atoms with van der Waals surface area (Å²) in [5.74, 6) is 0.106. The molecule has 13 heavy (non-hydrogen) atoms. The number of likely N-dealkylation sites (N-methyl/N-ethyl adjacent to an activating group) is 1. The van der Waals surface area contributed by atoms with Crippen LogP contribution in [0.15, 0.2) is 12.4 Å². The van der Waals surface area contributed by atoms with Gasteiger partial charge in [0.05, 0.1) is 24.3 Å². The minimum atomic E-state index is 0.106. The molecule has 4 nitrogen and oxygen atoms in total. The van der Waals surface area contributed by atoms with Crippen LogP contribution in [0.4, 0.5) is 0 Å². The number of carbonyl (C=O) groups is 1. The summed E-state index contributed by atoms with van der Waals surface area (Å²) in [6.45, 7) is 0.385. The quantitative estimate of drug-likeness (QED) is 0.689. The van der Waals surface area contributed by atoms with Crippen LogP contribution in [0.2, 0.25) is 0 Å². The molecule has 4 heteroatoms. The van der Waals surface area contributed by atoms with E-state index in [2.05, 4.69) is 10.4 Å². The van der Waals surface area contributed by atoms with Crippen molar-refractivity contribution in [3.63, 3.8) is 0 Å². The van der Waals surface area contributed by atoms with Crippen molar-refractivity contribution in [2.75, 3.05) is 13.6 Å². The summed E-state index contributed by atoms with van der Waals surface area (Å²) in [7, 11) is 1.77. The first-order valence-electron chi connectivity index (χ1n) is 4.53. The van der Waals surface area contributed by atoms with E-state index in [-0.39, 0.29) is 5.78 Å². The van der Waals surface area contributed by atoms with Crippen LogP contribution in [0.3, 0.4) is 0 Å². The average Bonchev–Trinajstić information content (AvgIpc) is 2.84. The van der Waals surface area contributed by atoms with E-state index in [1.54, 1.807) is 13.2 Å². The van der Waals surface area contributed by atoms with Crippen LogP contribution in [0.25, 0.3) is 0 Å². The Morgan fingerprint density at radius 3 is 3.15 bits per heavy atom. The zero-order valence-electron chi connectivity index (χ0n) is 7.66. The highest BCUT2D eigenvalue weighted by atomic mass is 16.1. The van der Waals surface area contributed by atoms with Crippen molar-refractivity contribution < 1.29 is 4.79 Å². The van der Waals surface area contributed by atoms with Crippen molar-refractivity contribution in [2.24, 2.45) is 0 Å². The van der Waals surface area contributed by atoms with Gasteiger partial charge in [0, 0.05) is 6.20 Å². The van der Waals surface area contributed by atoms with Crippen molar-refractivity contribution in [1.29, 1.82) is 0 Å². The Hall–Kier alpha value is -1.16. The van der Waals surface area contributed by atoms with Crippen LogP contribution in [0.5, 0.6) is 0 Å². The number of aromatic nitrogens is 2. The van der Waals surface area contributed by atoms with Gasteiger partial charge in [0.25, 0.3) is 0 Å². The summed E-state index contributed by atoms with van der Waals surface area (Å²) in [5.41, 5.74) is 0.709. The van der Waals surface area contributed by atoms with E-state index in [1.807, 2.05) is 10.9 Å². The summed E-state index contributed by atoms with van der Waals surface area (Å²) in [6, 6.07) is 0.552. The van der Waals surface area contributed by atoms with E-state index in [4.69, 9.17) is 0 Å². The number of Topliss-reactive ketones (excluding diaryl/α,β-unsaturated/α-hetero) is 1. The van der Waals surface area contributed by atoms with Gasteiger partial charge in [-0.2, -0.15) is 5.10 Å². The molecule has 1 N–H and O–H groups in total. The first-order valence-corrected chi connectivity index (χ1v) is 4.53. The SMILES string of the molecule is CNCC(=O)c1cnn(C2CC2)c1. The van der Waals surface area contributed by atoms with E-state index in [0.29, 0.717) is 18.2 Å². The maximum absolute atomic E-state index is 11.4. The predicted molar refractivity (Wildman–Crippen MR) is 48.8 cm³/mol. The van der Waals surface area contributed by atoms with Gasteiger partial charge in [-0.25, -0.2) is 0 Å². The fourth-order valence-corrected chi connectivity index (χ4v) is 1.28. The third-order valence-electron chi connectivity index (χ3n) is 2.18. The fourth-order valence-electron chi connectivity index (χ4n) is 1.28. The summed E-state index contributed by atoms with van der Waals surface area (Å²) >= 11 is 0. The Kier molecular flexibility index (Phi) is 2.14. The van der Waals surface area contributed by atoms with Crippen molar-refractivity contribution in [1.82, 2.24) is 15.1 Å². The molecule has 2 rings (SSSR count). The Bertz CT molecular complexity index is 314. The second-order valence-electron chi connectivity index (χ2n) is 3.39. The molecule has 1 fully saturated rings. The third kappa shape index (κ3) is 1.78. The highest BCUT2D eigenvalue weighted by Crippen LogP contribution is 2.33. The standard InChI is InChI=1S/C9H13N3O/c1-10-5-9(13)7-4-11-12(6-7)8-2-3-8/h4,6,8,10H,2-3,5H2,1H3. The lowest BCUT2D eigenvalue weighted by molar-refractivity contribution is 0.0993. The Labute approximate surface area is 76.9 Å². The molecule has 0 bridgehead atoms. The summed E-state index contributed by atoms with van der Waals surface area (Å²) in [6.07, 6.45) is 5.89. The van der Waals surface area contributed by atoms with Gasteiger partial charge in [-0.3, -0.25) is 9.48 Å². The number of carbonyl (C=O) groups excluding carboxylic acids is 1. The van der Waals surface area contributed by atoms with Gasteiger partial charge in [-0.1, -0.05) is 0 Å². The largest absolute Gasteiger partial charge is 0.313 e. The number of hydrogen-bond donors (Lipinski definition) is 1. The number of nitrogens with zero attached hydrogens (tertiary/aromatic N) is 2.